The van der Waals surface area contributed by atoms with Crippen LogP contribution in [0.2, 0.25) is 0 Å². The van der Waals surface area contributed by atoms with E-state index in [-0.39, 0.29) is 0 Å². The minimum absolute atomic E-state index is 1.06. The predicted octanol–water partition coefficient (Wildman–Crippen LogP) is 2.54. The third kappa shape index (κ3) is 2.28. The Morgan fingerprint density at radius 3 is 2.33 bits per heavy atom. The van der Waals surface area contributed by atoms with Crippen molar-refractivity contribution in [2.24, 2.45) is 0 Å². The van der Waals surface area contributed by atoms with E-state index in [1.165, 1.54) is 5.57 Å². The molecule has 36 valence electrons. The highest BCUT2D eigenvalue weighted by Gasteiger charge is 1.74. The summed E-state index contributed by atoms with van der Waals surface area (Å²) in [6.45, 7) is 4.08. The molecule has 0 radical (unpaired) electrons. The first-order chi connectivity index (χ1) is 2.81. The Morgan fingerprint density at radius 1 is 1.83 bits per heavy atom. The predicted molar refractivity (Wildman–Crippen MR) is 29.9 cm³/mol. The van der Waals surface area contributed by atoms with Crippen LogP contribution in [-0.4, -0.2) is 0 Å². The third-order valence-corrected chi connectivity index (χ3v) is 1.12. The first-order valence-corrected chi connectivity index (χ1v) is 2.50. The molecule has 0 bridgehead atoms. The molecule has 1 heteroatoms. The molecule has 0 N–H and O–H groups in total. The van der Waals surface area contributed by atoms with E-state index in [0.29, 0.717) is 0 Å². The van der Waals surface area contributed by atoms with Gasteiger partial charge < -0.3 is 0 Å². The van der Waals surface area contributed by atoms with Gasteiger partial charge in [0, 0.05) is 5.54 Å². The van der Waals surface area contributed by atoms with E-state index in [9.17, 15) is 0 Å². The molecular weight excluding hydrogens is 95.5 g/mol. The van der Waals surface area contributed by atoms with Crippen LogP contribution in [0.15, 0.2) is 11.1 Å². The van der Waals surface area contributed by atoms with Crippen LogP contribution < -0.4 is 0 Å². The molecule has 0 aliphatic carbocycles. The van der Waals surface area contributed by atoms with Crippen molar-refractivity contribution in [2.75, 3.05) is 0 Å². The first-order valence-electron chi connectivity index (χ1n) is 2.07. The number of hydrogen-bond donors (Lipinski definition) is 0. The molecule has 0 rings (SSSR count). The minimum Gasteiger partial charge on any atom is -0.0930 e. The lowest BCUT2D eigenvalue weighted by atomic mass is 10.3. The van der Waals surface area contributed by atoms with Crippen molar-refractivity contribution >= 4 is 11.6 Å². The lowest BCUT2D eigenvalue weighted by Gasteiger charge is -1.83. The number of hydrogen-bond acceptors (Lipinski definition) is 0. The summed E-state index contributed by atoms with van der Waals surface area (Å²) in [4.78, 5) is 0. The Labute approximate surface area is 43.8 Å². The topological polar surface area (TPSA) is 0 Å². The van der Waals surface area contributed by atoms with Crippen LogP contribution in [0.3, 0.4) is 0 Å². The number of halogens is 1. The second-order valence-corrected chi connectivity index (χ2v) is 1.53. The van der Waals surface area contributed by atoms with Gasteiger partial charge in [0.25, 0.3) is 0 Å². The van der Waals surface area contributed by atoms with Crippen LogP contribution >= 0.6 is 11.6 Å². The normalized spacial score (nSPS) is 12.2. The summed E-state index contributed by atoms with van der Waals surface area (Å²) < 4.78 is 0. The van der Waals surface area contributed by atoms with E-state index < -0.39 is 0 Å². The maximum atomic E-state index is 5.29. The smallest absolute Gasteiger partial charge is 0.00315 e. The summed E-state index contributed by atoms with van der Waals surface area (Å²) in [7, 11) is 0. The highest BCUT2D eigenvalue weighted by Crippen LogP contribution is 1.97. The number of allylic oxidation sites excluding steroid dienone is 1. The maximum Gasteiger partial charge on any atom is 0.00315 e. The van der Waals surface area contributed by atoms with E-state index in [2.05, 4.69) is 6.92 Å². The van der Waals surface area contributed by atoms with Crippen LogP contribution in [0.4, 0.5) is 0 Å². The average Bonchev–Trinajstić information content (AvgIpc) is 1.65. The maximum absolute atomic E-state index is 5.29. The molecule has 0 saturated heterocycles. The van der Waals surface area contributed by atoms with Crippen molar-refractivity contribution in [3.8, 4) is 0 Å². The largest absolute Gasteiger partial charge is 0.0930 e. The highest BCUT2D eigenvalue weighted by molar-refractivity contribution is 6.25. The second-order valence-electron chi connectivity index (χ2n) is 1.31. The summed E-state index contributed by atoms with van der Waals surface area (Å²) in [5.74, 6) is 0. The number of rotatable bonds is 1. The van der Waals surface area contributed by atoms with Crippen LogP contribution in [0.5, 0.6) is 0 Å². The third-order valence-electron chi connectivity index (χ3n) is 0.744. The fourth-order valence-electron chi connectivity index (χ4n) is 0.0772. The summed E-state index contributed by atoms with van der Waals surface area (Å²) in [6.07, 6.45) is 1.06. The van der Waals surface area contributed by atoms with Crippen molar-refractivity contribution in [3.63, 3.8) is 0 Å². The van der Waals surface area contributed by atoms with E-state index in [0.717, 1.165) is 6.42 Å². The Kier molecular flexibility index (Phi) is 3.24. The Balaban J connectivity index is 3.22. The van der Waals surface area contributed by atoms with Crippen molar-refractivity contribution in [1.29, 1.82) is 0 Å². The molecule has 0 heterocycles. The summed E-state index contributed by atoms with van der Waals surface area (Å²) in [5, 5.41) is 0. The molecule has 0 aliphatic heterocycles. The summed E-state index contributed by atoms with van der Waals surface area (Å²) >= 11 is 5.29. The van der Waals surface area contributed by atoms with Crippen LogP contribution in [0.25, 0.3) is 0 Å². The van der Waals surface area contributed by atoms with Gasteiger partial charge in [-0.05, 0) is 13.3 Å². The molecule has 6 heavy (non-hydrogen) atoms. The molecule has 0 fully saturated rings. The van der Waals surface area contributed by atoms with Gasteiger partial charge in [-0.2, -0.15) is 0 Å². The van der Waals surface area contributed by atoms with Gasteiger partial charge in [0.1, 0.15) is 0 Å². The minimum atomic E-state index is 1.06. The summed E-state index contributed by atoms with van der Waals surface area (Å²) in [5.41, 5.74) is 2.84. The monoisotopic (exact) mass is 104 g/mol. The van der Waals surface area contributed by atoms with Crippen LogP contribution in [0, 0.1) is 0 Å². The molecule has 0 amide bonds. The van der Waals surface area contributed by atoms with Crippen molar-refractivity contribution in [2.45, 2.75) is 20.3 Å². The lowest BCUT2D eigenvalue weighted by molar-refractivity contribution is 1.11. The molecule has 0 nitrogen and oxygen atoms in total. The van der Waals surface area contributed by atoms with E-state index >= 15 is 0 Å². The zero-order chi connectivity index (χ0) is 4.99. The van der Waals surface area contributed by atoms with Gasteiger partial charge in [-0.25, -0.2) is 0 Å². The van der Waals surface area contributed by atoms with Gasteiger partial charge in [0.2, 0.25) is 0 Å². The zero-order valence-electron chi connectivity index (χ0n) is 4.16. The van der Waals surface area contributed by atoms with E-state index in [1.54, 1.807) is 5.54 Å². The average molecular weight is 105 g/mol. The Morgan fingerprint density at radius 2 is 2.33 bits per heavy atom. The quantitative estimate of drug-likeness (QED) is 0.480. The standard InChI is InChI=1S/C5H9Cl/c1-3-5(2)4-6/h4H,3H2,1-2H3/b5-4-. The molecular formula is C5H9Cl. The highest BCUT2D eigenvalue weighted by atomic mass is 35.5. The van der Waals surface area contributed by atoms with Crippen molar-refractivity contribution in [1.82, 2.24) is 0 Å². The van der Waals surface area contributed by atoms with Crippen LogP contribution in [0.1, 0.15) is 20.3 Å². The molecule has 0 saturated carbocycles. The van der Waals surface area contributed by atoms with Crippen LogP contribution in [-0.2, 0) is 0 Å². The Bertz CT molecular complexity index is 55.0. The molecule has 0 aliphatic rings. The molecule has 0 aromatic rings. The molecule has 0 aromatic heterocycles. The SMILES string of the molecule is CC/C(C)=C\Cl. The van der Waals surface area contributed by atoms with E-state index in [1.807, 2.05) is 6.92 Å². The van der Waals surface area contributed by atoms with Crippen molar-refractivity contribution in [3.05, 3.63) is 11.1 Å². The van der Waals surface area contributed by atoms with Gasteiger partial charge in [0.05, 0.1) is 0 Å². The molecule has 0 unspecified atom stereocenters. The molecule has 0 aromatic carbocycles. The lowest BCUT2D eigenvalue weighted by Crippen LogP contribution is -1.62. The first kappa shape index (κ1) is 6.03. The Hall–Kier alpha value is 0.0300. The molecule has 0 atom stereocenters. The van der Waals surface area contributed by atoms with Crippen molar-refractivity contribution < 1.29 is 0 Å². The second kappa shape index (κ2) is 3.23. The van der Waals surface area contributed by atoms with Gasteiger partial charge in [-0.15, -0.1) is 0 Å². The van der Waals surface area contributed by atoms with Gasteiger partial charge >= 0.3 is 0 Å². The van der Waals surface area contributed by atoms with Gasteiger partial charge in [-0.3, -0.25) is 0 Å². The molecule has 0 spiro atoms. The van der Waals surface area contributed by atoms with Gasteiger partial charge in [-0.1, -0.05) is 24.1 Å². The van der Waals surface area contributed by atoms with Gasteiger partial charge in [0.15, 0.2) is 0 Å². The zero-order valence-corrected chi connectivity index (χ0v) is 4.92. The fraction of sp³-hybridized carbons (Fsp3) is 0.600. The van der Waals surface area contributed by atoms with E-state index in [4.69, 9.17) is 11.6 Å². The summed E-state index contributed by atoms with van der Waals surface area (Å²) in [6, 6.07) is 0. The fourth-order valence-corrected chi connectivity index (χ4v) is 0.231.